The Morgan fingerprint density at radius 3 is 2.12 bits per heavy atom. The lowest BCUT2D eigenvalue weighted by atomic mass is 9.90. The Bertz CT molecular complexity index is 1170. The first kappa shape index (κ1) is 22.7. The Labute approximate surface area is 206 Å². The zero-order chi connectivity index (χ0) is 23.5. The number of rotatable bonds is 5. The van der Waals surface area contributed by atoms with Crippen LogP contribution in [0, 0.1) is 12.8 Å². The molecule has 3 aromatic rings. The number of carbonyl (C=O) groups excluding carboxylic acids is 1. The second-order valence-electron chi connectivity index (χ2n) is 9.36. The first-order valence-electron chi connectivity index (χ1n) is 12.1. The van der Waals surface area contributed by atoms with Gasteiger partial charge >= 0.3 is 0 Å². The van der Waals surface area contributed by atoms with Crippen molar-refractivity contribution < 1.29 is 4.79 Å². The average molecular weight is 472 g/mol. The van der Waals surface area contributed by atoms with Crippen LogP contribution in [0.25, 0.3) is 0 Å². The third-order valence-electron chi connectivity index (χ3n) is 6.91. The van der Waals surface area contributed by atoms with Crippen LogP contribution < -0.4 is 4.90 Å². The van der Waals surface area contributed by atoms with Crippen LogP contribution in [0.4, 0.5) is 5.69 Å². The molecule has 3 aromatic carbocycles. The molecule has 2 aliphatic rings. The molecule has 174 valence electrons. The Morgan fingerprint density at radius 1 is 0.882 bits per heavy atom. The molecule has 0 spiro atoms. The van der Waals surface area contributed by atoms with Gasteiger partial charge in [0.2, 0.25) is 5.96 Å². The van der Waals surface area contributed by atoms with Crippen molar-refractivity contribution in [3.05, 3.63) is 101 Å². The second-order valence-corrected chi connectivity index (χ2v) is 9.80. The number of carbonyl (C=O) groups is 1. The number of amides is 1. The number of aliphatic imine (C=N–C) groups is 1. The highest BCUT2D eigenvalue weighted by Crippen LogP contribution is 2.31. The van der Waals surface area contributed by atoms with Crippen LogP contribution in [0.15, 0.2) is 83.9 Å². The van der Waals surface area contributed by atoms with Crippen molar-refractivity contribution in [2.75, 3.05) is 18.0 Å². The van der Waals surface area contributed by atoms with Crippen molar-refractivity contribution in [1.82, 2.24) is 4.90 Å². The van der Waals surface area contributed by atoms with Crippen molar-refractivity contribution in [3.63, 3.8) is 0 Å². The van der Waals surface area contributed by atoms with Gasteiger partial charge in [0.25, 0.3) is 5.91 Å². The summed E-state index contributed by atoms with van der Waals surface area (Å²) in [4.78, 5) is 22.8. The molecule has 5 rings (SSSR count). The quantitative estimate of drug-likeness (QED) is 0.463. The highest BCUT2D eigenvalue weighted by molar-refractivity contribution is 6.31. The Balaban J connectivity index is 1.37. The molecule has 1 amide bonds. The number of anilines is 1. The number of aryl methyl sites for hydroxylation is 1. The van der Waals surface area contributed by atoms with Gasteiger partial charge in [0.15, 0.2) is 0 Å². The van der Waals surface area contributed by atoms with E-state index in [-0.39, 0.29) is 5.91 Å². The maximum atomic E-state index is 13.7. The normalized spacial score (nSPS) is 18.9. The van der Waals surface area contributed by atoms with Crippen LogP contribution >= 0.6 is 11.6 Å². The third-order valence-corrected chi connectivity index (χ3v) is 7.15. The van der Waals surface area contributed by atoms with Crippen LogP contribution in [0.1, 0.15) is 29.5 Å². The number of nitrogens with zero attached hydrogens (tertiary/aromatic N) is 3. The van der Waals surface area contributed by atoms with Crippen molar-refractivity contribution in [2.45, 2.75) is 38.6 Å². The number of benzene rings is 3. The van der Waals surface area contributed by atoms with E-state index in [2.05, 4.69) is 47.4 Å². The van der Waals surface area contributed by atoms with E-state index in [9.17, 15) is 4.79 Å². The van der Waals surface area contributed by atoms with Crippen LogP contribution in [-0.4, -0.2) is 35.9 Å². The summed E-state index contributed by atoms with van der Waals surface area (Å²) in [6, 6.07) is 26.2. The third kappa shape index (κ3) is 4.88. The molecule has 5 heteroatoms. The lowest BCUT2D eigenvalue weighted by molar-refractivity contribution is -0.118. The van der Waals surface area contributed by atoms with Gasteiger partial charge in [-0.05, 0) is 67.0 Å². The summed E-state index contributed by atoms with van der Waals surface area (Å²) >= 11 is 6.22. The summed E-state index contributed by atoms with van der Waals surface area (Å²) in [6.07, 6.45) is 3.91. The zero-order valence-corrected chi connectivity index (χ0v) is 20.3. The molecule has 4 nitrogen and oxygen atoms in total. The Hall–Kier alpha value is -3.11. The first-order valence-corrected chi connectivity index (χ1v) is 12.5. The van der Waals surface area contributed by atoms with Gasteiger partial charge in [0, 0.05) is 24.5 Å². The van der Waals surface area contributed by atoms with Crippen molar-refractivity contribution in [3.8, 4) is 0 Å². The fourth-order valence-electron chi connectivity index (χ4n) is 5.07. The molecule has 0 bridgehead atoms. The van der Waals surface area contributed by atoms with E-state index in [0.717, 1.165) is 55.1 Å². The number of hydrogen-bond donors (Lipinski definition) is 0. The molecule has 2 heterocycles. The SMILES string of the molecule is Cc1cc(Cl)ccc1N1C(=O)C(Cc2ccccc2)N=C1N1CCC(Cc2ccccc2)CC1. The number of piperidine rings is 1. The minimum absolute atomic E-state index is 0.0377. The van der Waals surface area contributed by atoms with E-state index in [0.29, 0.717) is 17.4 Å². The number of likely N-dealkylation sites (tertiary alicyclic amines) is 1. The van der Waals surface area contributed by atoms with Gasteiger partial charge in [-0.15, -0.1) is 0 Å². The lowest BCUT2D eigenvalue weighted by Gasteiger charge is -2.36. The molecule has 0 radical (unpaired) electrons. The summed E-state index contributed by atoms with van der Waals surface area (Å²) in [5.74, 6) is 1.48. The molecule has 0 aliphatic carbocycles. The summed E-state index contributed by atoms with van der Waals surface area (Å²) < 4.78 is 0. The number of hydrogen-bond acceptors (Lipinski definition) is 3. The van der Waals surface area contributed by atoms with Gasteiger partial charge in [0.05, 0.1) is 5.69 Å². The van der Waals surface area contributed by atoms with Gasteiger partial charge in [-0.1, -0.05) is 72.3 Å². The molecule has 1 saturated heterocycles. The minimum atomic E-state index is -0.408. The number of guanidine groups is 1. The van der Waals surface area contributed by atoms with E-state index >= 15 is 0 Å². The van der Waals surface area contributed by atoms with E-state index in [1.54, 1.807) is 0 Å². The minimum Gasteiger partial charge on any atom is -0.342 e. The first-order chi connectivity index (χ1) is 16.6. The van der Waals surface area contributed by atoms with Crippen LogP contribution in [0.2, 0.25) is 5.02 Å². The summed E-state index contributed by atoms with van der Waals surface area (Å²) in [7, 11) is 0. The van der Waals surface area contributed by atoms with Crippen molar-refractivity contribution in [2.24, 2.45) is 10.9 Å². The largest absolute Gasteiger partial charge is 0.342 e. The Kier molecular flexibility index (Phi) is 6.68. The van der Waals surface area contributed by atoms with Gasteiger partial charge in [0.1, 0.15) is 6.04 Å². The molecule has 0 aromatic heterocycles. The molecule has 1 unspecified atom stereocenters. The predicted molar refractivity (Wildman–Crippen MR) is 139 cm³/mol. The monoisotopic (exact) mass is 471 g/mol. The highest BCUT2D eigenvalue weighted by Gasteiger charge is 2.39. The topological polar surface area (TPSA) is 35.9 Å². The van der Waals surface area contributed by atoms with Gasteiger partial charge in [-0.3, -0.25) is 4.79 Å². The molecular weight excluding hydrogens is 442 g/mol. The standard InChI is InChI=1S/C29H30ClN3O/c1-21-18-25(30)12-13-27(21)33-28(34)26(20-23-10-6-3-7-11-23)31-29(33)32-16-14-24(15-17-32)19-22-8-4-2-5-9-22/h2-13,18,24,26H,14-17,19-20H2,1H3. The zero-order valence-electron chi connectivity index (χ0n) is 19.5. The van der Waals surface area contributed by atoms with Gasteiger partial charge in [-0.25, -0.2) is 9.89 Å². The average Bonchev–Trinajstić information content (AvgIpc) is 3.16. The van der Waals surface area contributed by atoms with E-state index in [1.165, 1.54) is 5.56 Å². The molecule has 0 saturated carbocycles. The van der Waals surface area contributed by atoms with Gasteiger partial charge in [-0.2, -0.15) is 0 Å². The van der Waals surface area contributed by atoms with Crippen LogP contribution in [0.3, 0.4) is 0 Å². The molecule has 34 heavy (non-hydrogen) atoms. The summed E-state index contributed by atoms with van der Waals surface area (Å²) in [5, 5.41) is 0.675. The van der Waals surface area contributed by atoms with Crippen molar-refractivity contribution >= 4 is 29.2 Å². The highest BCUT2D eigenvalue weighted by atomic mass is 35.5. The van der Waals surface area contributed by atoms with Gasteiger partial charge < -0.3 is 4.90 Å². The maximum Gasteiger partial charge on any atom is 0.259 e. The Morgan fingerprint density at radius 2 is 1.50 bits per heavy atom. The number of halogens is 1. The van der Waals surface area contributed by atoms with Crippen LogP contribution in [-0.2, 0) is 17.6 Å². The molecule has 0 N–H and O–H groups in total. The molecule has 2 aliphatic heterocycles. The van der Waals surface area contributed by atoms with Crippen molar-refractivity contribution in [1.29, 1.82) is 0 Å². The fraction of sp³-hybridized carbons (Fsp3) is 0.310. The molecular formula is C29H30ClN3O. The van der Waals surface area contributed by atoms with E-state index < -0.39 is 6.04 Å². The second kappa shape index (κ2) is 10.0. The summed E-state index contributed by atoms with van der Waals surface area (Å²) in [5.41, 5.74) is 4.37. The lowest BCUT2D eigenvalue weighted by Crippen LogP contribution is -2.48. The maximum absolute atomic E-state index is 13.7. The van der Waals surface area contributed by atoms with Crippen LogP contribution in [0.5, 0.6) is 0 Å². The predicted octanol–water partition coefficient (Wildman–Crippen LogP) is 5.92. The fourth-order valence-corrected chi connectivity index (χ4v) is 5.30. The van der Waals surface area contributed by atoms with E-state index in [4.69, 9.17) is 16.6 Å². The smallest absolute Gasteiger partial charge is 0.259 e. The van der Waals surface area contributed by atoms with E-state index in [1.807, 2.05) is 48.2 Å². The molecule has 1 fully saturated rings. The molecule has 1 atom stereocenters. The summed E-state index contributed by atoms with van der Waals surface area (Å²) in [6.45, 7) is 3.82.